The number of nitrogens with zero attached hydrogens (tertiary/aromatic N) is 2. The van der Waals surface area contributed by atoms with Crippen LogP contribution in [0.2, 0.25) is 0 Å². The number of rotatable bonds is 4. The first kappa shape index (κ1) is 13.8. The Bertz CT molecular complexity index is 400. The lowest BCUT2D eigenvalue weighted by atomic mass is 9.98. The van der Waals surface area contributed by atoms with E-state index in [1.807, 2.05) is 11.3 Å². The minimum Gasteiger partial charge on any atom is -0.348 e. The Morgan fingerprint density at radius 1 is 1.39 bits per heavy atom. The second-order valence-corrected chi connectivity index (χ2v) is 6.65. The van der Waals surface area contributed by atoms with Crippen molar-refractivity contribution < 1.29 is 0 Å². The zero-order chi connectivity index (χ0) is 13.3. The molecule has 0 bridgehead atoms. The minimum absolute atomic E-state index is 0.516. The zero-order valence-electron chi connectivity index (χ0n) is 12.2. The molecule has 1 aliphatic rings. The zero-order valence-corrected chi connectivity index (χ0v) is 13.0. The molecule has 1 aromatic rings. The highest BCUT2D eigenvalue weighted by Crippen LogP contribution is 2.37. The van der Waals surface area contributed by atoms with Crippen molar-refractivity contribution in [1.82, 2.24) is 10.3 Å². The van der Waals surface area contributed by atoms with Gasteiger partial charge in [0.15, 0.2) is 5.13 Å². The number of anilines is 1. The van der Waals surface area contributed by atoms with Crippen LogP contribution in [0.4, 0.5) is 5.13 Å². The van der Waals surface area contributed by atoms with Crippen LogP contribution in [0.3, 0.4) is 0 Å². The minimum atomic E-state index is 0.516. The number of aromatic nitrogens is 1. The maximum absolute atomic E-state index is 4.86. The molecule has 0 aromatic carbocycles. The molecule has 18 heavy (non-hydrogen) atoms. The van der Waals surface area contributed by atoms with Crippen LogP contribution in [0.1, 0.15) is 50.2 Å². The van der Waals surface area contributed by atoms with Gasteiger partial charge in [0.1, 0.15) is 0 Å². The van der Waals surface area contributed by atoms with Crippen LogP contribution in [0.5, 0.6) is 0 Å². The molecule has 0 saturated heterocycles. The van der Waals surface area contributed by atoms with Crippen molar-refractivity contribution in [1.29, 1.82) is 0 Å². The summed E-state index contributed by atoms with van der Waals surface area (Å²) in [6.07, 6.45) is 3.65. The maximum Gasteiger partial charge on any atom is 0.185 e. The summed E-state index contributed by atoms with van der Waals surface area (Å²) in [4.78, 5) is 8.65. The van der Waals surface area contributed by atoms with Crippen molar-refractivity contribution in [2.75, 3.05) is 19.0 Å². The van der Waals surface area contributed by atoms with Gasteiger partial charge in [-0.1, -0.05) is 25.2 Å². The fraction of sp³-hybridized carbons (Fsp3) is 0.786. The van der Waals surface area contributed by atoms with Crippen LogP contribution in [0.15, 0.2) is 0 Å². The van der Waals surface area contributed by atoms with Gasteiger partial charge in [-0.3, -0.25) is 0 Å². The third kappa shape index (κ3) is 2.54. The van der Waals surface area contributed by atoms with Crippen molar-refractivity contribution in [3.8, 4) is 0 Å². The van der Waals surface area contributed by atoms with Crippen LogP contribution in [0.25, 0.3) is 0 Å². The number of hydrogen-bond donors (Lipinski definition) is 1. The summed E-state index contributed by atoms with van der Waals surface area (Å²) in [5.41, 5.74) is 1.32. The fourth-order valence-corrected chi connectivity index (χ4v) is 3.76. The summed E-state index contributed by atoms with van der Waals surface area (Å²) in [6, 6.07) is 1.05. The molecule has 0 fully saturated rings. The van der Waals surface area contributed by atoms with E-state index < -0.39 is 0 Å². The Hall–Kier alpha value is -0.610. The standard InChI is InChI=1S/C14H25N3S/c1-9(2)10(3)17(5)14-16-12-8-6-7-11(15-4)13(12)18-14/h9-11,15H,6-8H2,1-5H3. The Balaban J connectivity index is 2.23. The third-order valence-electron chi connectivity index (χ3n) is 4.17. The van der Waals surface area contributed by atoms with Crippen molar-refractivity contribution >= 4 is 16.5 Å². The molecule has 4 heteroatoms. The molecule has 1 aliphatic carbocycles. The van der Waals surface area contributed by atoms with Crippen molar-refractivity contribution in [3.05, 3.63) is 10.6 Å². The highest BCUT2D eigenvalue weighted by molar-refractivity contribution is 7.15. The predicted molar refractivity (Wildman–Crippen MR) is 79.6 cm³/mol. The Morgan fingerprint density at radius 3 is 2.72 bits per heavy atom. The Morgan fingerprint density at radius 2 is 2.11 bits per heavy atom. The van der Waals surface area contributed by atoms with Crippen molar-refractivity contribution in [2.24, 2.45) is 5.92 Å². The van der Waals surface area contributed by atoms with Gasteiger partial charge in [-0.25, -0.2) is 4.98 Å². The van der Waals surface area contributed by atoms with Crippen LogP contribution < -0.4 is 10.2 Å². The largest absolute Gasteiger partial charge is 0.348 e. The molecule has 1 aromatic heterocycles. The lowest BCUT2D eigenvalue weighted by Gasteiger charge is -2.27. The number of hydrogen-bond acceptors (Lipinski definition) is 4. The number of aryl methyl sites for hydroxylation is 1. The van der Waals surface area contributed by atoms with Gasteiger partial charge in [0, 0.05) is 24.0 Å². The van der Waals surface area contributed by atoms with E-state index in [0.717, 1.165) is 6.42 Å². The third-order valence-corrected chi connectivity index (χ3v) is 5.47. The second kappa shape index (κ2) is 5.57. The first-order valence-electron chi connectivity index (χ1n) is 6.94. The molecule has 1 N–H and O–H groups in total. The summed E-state index contributed by atoms with van der Waals surface area (Å²) in [7, 11) is 4.23. The normalized spacial score (nSPS) is 20.9. The smallest absolute Gasteiger partial charge is 0.185 e. The van der Waals surface area contributed by atoms with E-state index in [0.29, 0.717) is 18.0 Å². The Labute approximate surface area is 115 Å². The molecule has 0 radical (unpaired) electrons. The summed E-state index contributed by atoms with van der Waals surface area (Å²) in [5, 5.41) is 4.60. The lowest BCUT2D eigenvalue weighted by molar-refractivity contribution is 0.497. The molecule has 0 spiro atoms. The van der Waals surface area contributed by atoms with Gasteiger partial charge >= 0.3 is 0 Å². The summed E-state index contributed by atoms with van der Waals surface area (Å²) >= 11 is 1.87. The van der Waals surface area contributed by atoms with E-state index in [2.05, 4.69) is 45.1 Å². The summed E-state index contributed by atoms with van der Waals surface area (Å²) in [6.45, 7) is 6.82. The predicted octanol–water partition coefficient (Wildman–Crippen LogP) is 3.22. The van der Waals surface area contributed by atoms with Gasteiger partial charge in [0.2, 0.25) is 0 Å². The first-order chi connectivity index (χ1) is 8.54. The number of nitrogens with one attached hydrogen (secondary N) is 1. The molecule has 2 unspecified atom stereocenters. The molecule has 0 saturated carbocycles. The van der Waals surface area contributed by atoms with Crippen molar-refractivity contribution in [2.45, 2.75) is 52.1 Å². The van der Waals surface area contributed by atoms with Gasteiger partial charge < -0.3 is 10.2 Å². The van der Waals surface area contributed by atoms with E-state index in [4.69, 9.17) is 4.98 Å². The molecule has 1 heterocycles. The molecule has 3 nitrogen and oxygen atoms in total. The second-order valence-electron chi connectivity index (χ2n) is 5.64. The topological polar surface area (TPSA) is 28.2 Å². The Kier molecular flexibility index (Phi) is 4.28. The summed E-state index contributed by atoms with van der Waals surface area (Å²) in [5.74, 6) is 0.649. The van der Waals surface area contributed by atoms with Gasteiger partial charge in [-0.2, -0.15) is 0 Å². The van der Waals surface area contributed by atoms with Gasteiger partial charge in [-0.15, -0.1) is 0 Å². The molecule has 2 atom stereocenters. The van der Waals surface area contributed by atoms with Gasteiger partial charge in [0.25, 0.3) is 0 Å². The van der Waals surface area contributed by atoms with E-state index >= 15 is 0 Å². The number of fused-ring (bicyclic) bond motifs is 1. The van der Waals surface area contributed by atoms with Gasteiger partial charge in [0.05, 0.1) is 5.69 Å². The van der Waals surface area contributed by atoms with Gasteiger partial charge in [-0.05, 0) is 39.2 Å². The average molecular weight is 267 g/mol. The first-order valence-corrected chi connectivity index (χ1v) is 7.76. The van der Waals surface area contributed by atoms with E-state index in [-0.39, 0.29) is 0 Å². The molecule has 0 amide bonds. The maximum atomic E-state index is 4.86. The highest BCUT2D eigenvalue weighted by Gasteiger charge is 2.25. The van der Waals surface area contributed by atoms with E-state index in [1.54, 1.807) is 0 Å². The van der Waals surface area contributed by atoms with E-state index in [1.165, 1.54) is 28.5 Å². The van der Waals surface area contributed by atoms with Crippen LogP contribution in [-0.4, -0.2) is 25.1 Å². The monoisotopic (exact) mass is 267 g/mol. The summed E-state index contributed by atoms with van der Waals surface area (Å²) < 4.78 is 0. The quantitative estimate of drug-likeness (QED) is 0.908. The lowest BCUT2D eigenvalue weighted by Crippen LogP contribution is -2.33. The van der Waals surface area contributed by atoms with Crippen LogP contribution >= 0.6 is 11.3 Å². The molecule has 0 aliphatic heterocycles. The molecule has 2 rings (SSSR count). The SMILES string of the molecule is CNC1CCCc2nc(N(C)C(C)C(C)C)sc21. The van der Waals surface area contributed by atoms with Crippen molar-refractivity contribution in [3.63, 3.8) is 0 Å². The van der Waals surface area contributed by atoms with Crippen LogP contribution in [0, 0.1) is 5.92 Å². The fourth-order valence-electron chi connectivity index (χ4n) is 2.45. The molecule has 102 valence electrons. The van der Waals surface area contributed by atoms with Crippen LogP contribution in [-0.2, 0) is 6.42 Å². The molecular weight excluding hydrogens is 242 g/mol. The highest BCUT2D eigenvalue weighted by atomic mass is 32.1. The molecular formula is C14H25N3S. The van der Waals surface area contributed by atoms with E-state index in [9.17, 15) is 0 Å². The average Bonchev–Trinajstić information content (AvgIpc) is 2.80. The number of thiazole rings is 1.